The van der Waals surface area contributed by atoms with Crippen LogP contribution in [0.25, 0.3) is 0 Å². The number of nitrogens with two attached hydrogens (primary N) is 1. The fourth-order valence-electron chi connectivity index (χ4n) is 2.56. The highest BCUT2D eigenvalue weighted by Gasteiger charge is 2.48. The topological polar surface area (TPSA) is 96.5 Å². The molecule has 1 atom stereocenters. The normalized spacial score (nSPS) is 22.5. The molecule has 1 unspecified atom stereocenters. The number of aromatic nitrogens is 1. The number of thiazole rings is 1. The van der Waals surface area contributed by atoms with Crippen LogP contribution in [0.15, 0.2) is 5.38 Å². The van der Waals surface area contributed by atoms with E-state index in [1.54, 1.807) is 10.3 Å². The van der Waals surface area contributed by atoms with Crippen LogP contribution < -0.4 is 5.73 Å². The summed E-state index contributed by atoms with van der Waals surface area (Å²) in [5.41, 5.74) is 5.00. The van der Waals surface area contributed by atoms with Crippen molar-refractivity contribution < 1.29 is 14.7 Å². The quantitative estimate of drug-likeness (QED) is 0.869. The molecule has 0 aromatic carbocycles. The maximum atomic E-state index is 12.3. The summed E-state index contributed by atoms with van der Waals surface area (Å²) in [5.74, 6) is -1.05. The molecule has 110 valence electrons. The van der Waals surface area contributed by atoms with Gasteiger partial charge in [-0.2, -0.15) is 0 Å². The molecular weight excluding hydrogens is 278 g/mol. The maximum absolute atomic E-state index is 12.3. The minimum Gasteiger partial charge on any atom is -0.481 e. The van der Waals surface area contributed by atoms with Gasteiger partial charge in [0.2, 0.25) is 0 Å². The molecule has 1 aliphatic heterocycles. The van der Waals surface area contributed by atoms with Gasteiger partial charge in [-0.25, -0.2) is 4.98 Å². The van der Waals surface area contributed by atoms with Crippen molar-refractivity contribution in [2.75, 3.05) is 13.1 Å². The third-order valence-corrected chi connectivity index (χ3v) is 4.94. The summed E-state index contributed by atoms with van der Waals surface area (Å²) in [6.07, 6.45) is 0.486. The van der Waals surface area contributed by atoms with Crippen molar-refractivity contribution in [2.45, 2.75) is 26.8 Å². The first-order chi connectivity index (χ1) is 9.40. The second kappa shape index (κ2) is 5.49. The van der Waals surface area contributed by atoms with E-state index in [0.29, 0.717) is 30.2 Å². The first-order valence-electron chi connectivity index (χ1n) is 6.58. The summed E-state index contributed by atoms with van der Waals surface area (Å²) in [5, 5.41) is 11.9. The van der Waals surface area contributed by atoms with Crippen LogP contribution in [0.1, 0.15) is 35.8 Å². The fraction of sp³-hybridized carbons (Fsp3) is 0.615. The van der Waals surface area contributed by atoms with E-state index in [2.05, 4.69) is 4.98 Å². The molecule has 20 heavy (non-hydrogen) atoms. The van der Waals surface area contributed by atoms with Gasteiger partial charge in [0.25, 0.3) is 5.91 Å². The monoisotopic (exact) mass is 297 g/mol. The number of carboxylic acid groups (broad SMARTS) is 1. The average molecular weight is 297 g/mol. The number of carbonyl (C=O) groups is 2. The number of hydrogen-bond acceptors (Lipinski definition) is 5. The zero-order valence-electron chi connectivity index (χ0n) is 11.6. The van der Waals surface area contributed by atoms with E-state index in [4.69, 9.17) is 5.73 Å². The van der Waals surface area contributed by atoms with Crippen molar-refractivity contribution in [1.82, 2.24) is 9.88 Å². The van der Waals surface area contributed by atoms with E-state index >= 15 is 0 Å². The lowest BCUT2D eigenvalue weighted by atomic mass is 9.76. The van der Waals surface area contributed by atoms with Crippen LogP contribution in [-0.2, 0) is 11.3 Å². The first kappa shape index (κ1) is 14.9. The van der Waals surface area contributed by atoms with E-state index in [0.717, 1.165) is 0 Å². The zero-order valence-corrected chi connectivity index (χ0v) is 12.4. The SMILES string of the molecule is CC(C)C1(C(=O)O)CCN(C(=O)c2csc(CN)n2)C1. The summed E-state index contributed by atoms with van der Waals surface area (Å²) >= 11 is 1.35. The zero-order chi connectivity index (χ0) is 14.9. The van der Waals surface area contributed by atoms with Crippen LogP contribution in [0, 0.1) is 11.3 Å². The van der Waals surface area contributed by atoms with E-state index in [9.17, 15) is 14.7 Å². The number of amides is 1. The highest BCUT2D eigenvalue weighted by molar-refractivity contribution is 7.09. The predicted octanol–water partition coefficient (Wildman–Crippen LogP) is 1.17. The number of carboxylic acids is 1. The van der Waals surface area contributed by atoms with Gasteiger partial charge in [-0.1, -0.05) is 13.8 Å². The summed E-state index contributed by atoms with van der Waals surface area (Å²) in [7, 11) is 0. The largest absolute Gasteiger partial charge is 0.481 e. The second-order valence-corrected chi connectivity index (χ2v) is 6.37. The van der Waals surface area contributed by atoms with Crippen molar-refractivity contribution in [1.29, 1.82) is 0 Å². The Morgan fingerprint density at radius 1 is 1.60 bits per heavy atom. The van der Waals surface area contributed by atoms with E-state index in [1.807, 2.05) is 13.8 Å². The molecule has 1 aliphatic rings. The van der Waals surface area contributed by atoms with Crippen LogP contribution >= 0.6 is 11.3 Å². The van der Waals surface area contributed by atoms with Crippen molar-refractivity contribution >= 4 is 23.2 Å². The van der Waals surface area contributed by atoms with Crippen LogP contribution in [0.2, 0.25) is 0 Å². The van der Waals surface area contributed by atoms with Gasteiger partial charge in [-0.15, -0.1) is 11.3 Å². The van der Waals surface area contributed by atoms with Gasteiger partial charge in [0, 0.05) is 25.0 Å². The van der Waals surface area contributed by atoms with E-state index < -0.39 is 11.4 Å². The molecule has 0 saturated carbocycles. The number of rotatable bonds is 4. The Bertz CT molecular complexity index is 529. The number of likely N-dealkylation sites (tertiary alicyclic amines) is 1. The third kappa shape index (κ3) is 2.43. The van der Waals surface area contributed by atoms with Crippen LogP contribution in [0.4, 0.5) is 0 Å². The summed E-state index contributed by atoms with van der Waals surface area (Å²) in [6, 6.07) is 0. The average Bonchev–Trinajstić information content (AvgIpc) is 3.05. The first-order valence-corrected chi connectivity index (χ1v) is 7.46. The fourth-order valence-corrected chi connectivity index (χ4v) is 3.21. The number of nitrogens with zero attached hydrogens (tertiary/aromatic N) is 2. The Labute approximate surface area is 121 Å². The van der Waals surface area contributed by atoms with Gasteiger partial charge in [0.1, 0.15) is 10.7 Å². The van der Waals surface area contributed by atoms with Gasteiger partial charge in [0.05, 0.1) is 5.41 Å². The van der Waals surface area contributed by atoms with Gasteiger partial charge in [-0.3, -0.25) is 9.59 Å². The molecule has 3 N–H and O–H groups in total. The molecule has 1 fully saturated rings. The molecule has 2 rings (SSSR count). The lowest BCUT2D eigenvalue weighted by molar-refractivity contribution is -0.150. The van der Waals surface area contributed by atoms with E-state index in [-0.39, 0.29) is 18.4 Å². The molecule has 1 amide bonds. The molecule has 0 radical (unpaired) electrons. The molecule has 6 nitrogen and oxygen atoms in total. The lowest BCUT2D eigenvalue weighted by Crippen LogP contribution is -2.40. The van der Waals surface area contributed by atoms with Gasteiger partial charge in [0.15, 0.2) is 0 Å². The molecule has 0 spiro atoms. The van der Waals surface area contributed by atoms with Crippen LogP contribution in [0.3, 0.4) is 0 Å². The Morgan fingerprint density at radius 3 is 2.75 bits per heavy atom. The van der Waals surface area contributed by atoms with Crippen molar-refractivity contribution in [3.05, 3.63) is 16.1 Å². The number of aliphatic carboxylic acids is 1. The third-order valence-electron chi connectivity index (χ3n) is 4.06. The summed E-state index contributed by atoms with van der Waals surface area (Å²) < 4.78 is 0. The van der Waals surface area contributed by atoms with Crippen molar-refractivity contribution in [3.63, 3.8) is 0 Å². The summed E-state index contributed by atoms with van der Waals surface area (Å²) in [6.45, 7) is 4.78. The number of hydrogen-bond donors (Lipinski definition) is 2. The molecular formula is C13H19N3O3S. The molecule has 1 aromatic heterocycles. The lowest BCUT2D eigenvalue weighted by Gasteiger charge is -2.28. The minimum absolute atomic E-state index is 0.0205. The highest BCUT2D eigenvalue weighted by Crippen LogP contribution is 2.38. The van der Waals surface area contributed by atoms with E-state index in [1.165, 1.54) is 11.3 Å². The molecule has 2 heterocycles. The Balaban J connectivity index is 2.16. The maximum Gasteiger partial charge on any atom is 0.311 e. The molecule has 7 heteroatoms. The van der Waals surface area contributed by atoms with Crippen molar-refractivity contribution in [2.24, 2.45) is 17.1 Å². The molecule has 0 bridgehead atoms. The second-order valence-electron chi connectivity index (χ2n) is 5.42. The van der Waals surface area contributed by atoms with Gasteiger partial charge < -0.3 is 15.7 Å². The Hall–Kier alpha value is -1.47. The predicted molar refractivity (Wildman–Crippen MR) is 75.4 cm³/mol. The molecule has 1 saturated heterocycles. The van der Waals surface area contributed by atoms with Crippen LogP contribution in [0.5, 0.6) is 0 Å². The highest BCUT2D eigenvalue weighted by atomic mass is 32.1. The standard InChI is InChI=1S/C13H19N3O3S/c1-8(2)13(12(18)19)3-4-16(7-13)11(17)9-6-20-10(5-14)15-9/h6,8H,3-5,7,14H2,1-2H3,(H,18,19). The van der Waals surface area contributed by atoms with Crippen molar-refractivity contribution in [3.8, 4) is 0 Å². The molecule has 1 aromatic rings. The van der Waals surface area contributed by atoms with Gasteiger partial charge >= 0.3 is 5.97 Å². The smallest absolute Gasteiger partial charge is 0.311 e. The minimum atomic E-state index is -0.845. The van der Waals surface area contributed by atoms with Crippen LogP contribution in [-0.4, -0.2) is 40.0 Å². The molecule has 0 aliphatic carbocycles. The van der Waals surface area contributed by atoms with Gasteiger partial charge in [-0.05, 0) is 12.3 Å². The Kier molecular flexibility index (Phi) is 4.10. The number of carbonyl (C=O) groups excluding carboxylic acids is 1. The Morgan fingerprint density at radius 2 is 2.30 bits per heavy atom. The summed E-state index contributed by atoms with van der Waals surface area (Å²) in [4.78, 5) is 29.6.